The van der Waals surface area contributed by atoms with Gasteiger partial charge in [-0.05, 0) is 0 Å². The Hall–Kier alpha value is -2.37. The lowest BCUT2D eigenvalue weighted by Crippen LogP contribution is -2.78. The van der Waals surface area contributed by atoms with Crippen molar-refractivity contribution < 1.29 is 111 Å². The van der Waals surface area contributed by atoms with E-state index in [0.29, 0.717) is 0 Å². The molecule has 0 saturated heterocycles. The summed E-state index contributed by atoms with van der Waals surface area (Å²) in [6.07, 6.45) is -16.0. The smallest absolute Gasteiger partial charge is 0.393 e. The van der Waals surface area contributed by atoms with Crippen LogP contribution in [0.15, 0.2) is 12.7 Å². The van der Waals surface area contributed by atoms with Gasteiger partial charge in [0, 0.05) is 6.08 Å². The molecule has 0 aliphatic carbocycles. The maximum absolute atomic E-state index is 13.6. The first-order chi connectivity index (χ1) is 16.5. The fraction of sp³-hybridized carbons (Fsp3) is 0.786. The molecule has 1 atom stereocenters. The van der Waals surface area contributed by atoms with Gasteiger partial charge in [-0.15, -0.1) is 0 Å². The molecule has 1 N–H and O–H groups in total. The number of halogens is 22. The van der Waals surface area contributed by atoms with Gasteiger partial charge < -0.3 is 9.84 Å². The third-order valence-electron chi connectivity index (χ3n) is 4.31. The third-order valence-corrected chi connectivity index (χ3v) is 4.31. The van der Waals surface area contributed by atoms with Crippen LogP contribution in [0, 0.1) is 0 Å². The van der Waals surface area contributed by atoms with E-state index in [0.717, 1.165) is 0 Å². The van der Waals surface area contributed by atoms with Gasteiger partial charge in [-0.25, -0.2) is 4.79 Å². The van der Waals surface area contributed by atoms with Crippen molar-refractivity contribution in [1.82, 2.24) is 0 Å². The third kappa shape index (κ3) is 4.50. The van der Waals surface area contributed by atoms with Gasteiger partial charge in [-0.1, -0.05) is 6.58 Å². The van der Waals surface area contributed by atoms with E-state index in [1.165, 1.54) is 0 Å². The Morgan fingerprint density at radius 3 is 0.949 bits per heavy atom. The molecule has 0 bridgehead atoms. The summed E-state index contributed by atoms with van der Waals surface area (Å²) >= 11 is 0. The Labute approximate surface area is 197 Å². The monoisotopic (exact) mass is 638 g/mol. The second-order valence-electron chi connectivity index (χ2n) is 6.86. The average molecular weight is 638 g/mol. The SMILES string of the molecule is C=CC(=O)OC(F)(F)C(O)(F)C(F)(F)C(F)(F)C(F)(F)C(F)(F)C(F)(F)C(F)(F)C(F)(F)C(F)(F)C(F)(F)F. The standard InChI is InChI=1S/C14H4F22O3/c1-2-3(37)39-14(35,36)12(31,38)10(27,28)8(23,24)6(19,20)4(15,16)5(17,18)7(21,22)9(25,26)11(29,30)13(32,33)34/h2,38H,1H2. The van der Waals surface area contributed by atoms with Gasteiger partial charge in [0.1, 0.15) is 0 Å². The first kappa shape index (κ1) is 36.6. The van der Waals surface area contributed by atoms with Crippen LogP contribution >= 0.6 is 0 Å². The zero-order valence-corrected chi connectivity index (χ0v) is 16.9. The Morgan fingerprint density at radius 1 is 0.487 bits per heavy atom. The fourth-order valence-corrected chi connectivity index (χ4v) is 1.99. The molecule has 0 spiro atoms. The van der Waals surface area contributed by atoms with Crippen LogP contribution in [0.4, 0.5) is 96.6 Å². The predicted molar refractivity (Wildman–Crippen MR) is 72.9 cm³/mol. The minimum absolute atomic E-state index is 0.581. The van der Waals surface area contributed by atoms with Gasteiger partial charge in [0.05, 0.1) is 0 Å². The molecular weight excluding hydrogens is 634 g/mol. The first-order valence-electron chi connectivity index (χ1n) is 8.19. The van der Waals surface area contributed by atoms with Crippen molar-refractivity contribution in [2.75, 3.05) is 0 Å². The number of aliphatic hydroxyl groups is 1. The van der Waals surface area contributed by atoms with Gasteiger partial charge in [-0.2, -0.15) is 96.6 Å². The maximum atomic E-state index is 13.6. The molecule has 0 radical (unpaired) electrons. The van der Waals surface area contributed by atoms with Crippen LogP contribution in [0.2, 0.25) is 0 Å². The van der Waals surface area contributed by atoms with E-state index in [4.69, 9.17) is 5.11 Å². The van der Waals surface area contributed by atoms with Gasteiger partial charge in [0.15, 0.2) is 0 Å². The summed E-state index contributed by atoms with van der Waals surface area (Å²) in [5, 5.41) is 8.35. The molecule has 0 heterocycles. The lowest BCUT2D eigenvalue weighted by Gasteiger charge is -2.45. The van der Waals surface area contributed by atoms with Crippen molar-refractivity contribution in [2.45, 2.75) is 65.5 Å². The summed E-state index contributed by atoms with van der Waals surface area (Å²) < 4.78 is 292. The quantitative estimate of drug-likeness (QED) is 0.158. The van der Waals surface area contributed by atoms with Gasteiger partial charge >= 0.3 is 71.5 Å². The lowest BCUT2D eigenvalue weighted by molar-refractivity contribution is -0.492. The van der Waals surface area contributed by atoms with E-state index in [1.807, 2.05) is 0 Å². The predicted octanol–water partition coefficient (Wildman–Crippen LogP) is 6.61. The number of ether oxygens (including phenoxy) is 1. The van der Waals surface area contributed by atoms with Gasteiger partial charge in [-0.3, -0.25) is 0 Å². The molecule has 39 heavy (non-hydrogen) atoms. The number of hydrogen-bond donors (Lipinski definition) is 1. The Balaban J connectivity index is 7.20. The molecule has 25 heteroatoms. The van der Waals surface area contributed by atoms with Crippen molar-refractivity contribution in [2.24, 2.45) is 0 Å². The number of hydrogen-bond acceptors (Lipinski definition) is 3. The zero-order chi connectivity index (χ0) is 32.5. The molecule has 0 rings (SSSR count). The second kappa shape index (κ2) is 9.07. The number of rotatable bonds is 11. The van der Waals surface area contributed by atoms with Crippen LogP contribution < -0.4 is 0 Å². The maximum Gasteiger partial charge on any atom is 0.468 e. The molecule has 1 unspecified atom stereocenters. The summed E-state index contributed by atoms with van der Waals surface area (Å²) in [5.74, 6) is -83.7. The molecule has 0 aliphatic heterocycles. The van der Waals surface area contributed by atoms with Crippen molar-refractivity contribution in [3.8, 4) is 0 Å². The minimum atomic E-state index is -9.43. The van der Waals surface area contributed by atoms with Gasteiger partial charge in [0.25, 0.3) is 0 Å². The highest BCUT2D eigenvalue weighted by atomic mass is 19.4. The molecule has 0 saturated carbocycles. The zero-order valence-electron chi connectivity index (χ0n) is 16.9. The summed E-state index contributed by atoms with van der Waals surface area (Å²) in [7, 11) is 0. The van der Waals surface area contributed by atoms with Crippen LogP contribution in [-0.2, 0) is 9.53 Å². The number of esters is 1. The van der Waals surface area contributed by atoms with Gasteiger partial charge in [0.2, 0.25) is 0 Å². The molecule has 0 fully saturated rings. The van der Waals surface area contributed by atoms with Crippen molar-refractivity contribution in [1.29, 1.82) is 0 Å². The fourth-order valence-electron chi connectivity index (χ4n) is 1.99. The molecule has 0 amide bonds. The molecule has 0 aliphatic rings. The highest BCUT2D eigenvalue weighted by Crippen LogP contribution is 2.66. The van der Waals surface area contributed by atoms with Crippen LogP contribution in [0.1, 0.15) is 0 Å². The van der Waals surface area contributed by atoms with E-state index in [-0.39, 0.29) is 0 Å². The van der Waals surface area contributed by atoms with Crippen molar-refractivity contribution in [3.05, 3.63) is 12.7 Å². The van der Waals surface area contributed by atoms with Crippen LogP contribution in [0.3, 0.4) is 0 Å². The van der Waals surface area contributed by atoms with Crippen LogP contribution in [-0.4, -0.2) is 76.6 Å². The van der Waals surface area contributed by atoms with Crippen LogP contribution in [0.25, 0.3) is 0 Å². The average Bonchev–Trinajstić information content (AvgIpc) is 2.70. The Morgan fingerprint density at radius 2 is 0.718 bits per heavy atom. The highest BCUT2D eigenvalue weighted by Gasteiger charge is 2.98. The summed E-state index contributed by atoms with van der Waals surface area (Å²) in [6, 6.07) is 0. The topological polar surface area (TPSA) is 46.5 Å². The summed E-state index contributed by atoms with van der Waals surface area (Å²) in [6.45, 7) is 2.21. The summed E-state index contributed by atoms with van der Waals surface area (Å²) in [4.78, 5) is 10.5. The van der Waals surface area contributed by atoms with E-state index in [1.54, 1.807) is 0 Å². The van der Waals surface area contributed by atoms with Crippen molar-refractivity contribution >= 4 is 5.97 Å². The minimum Gasteiger partial charge on any atom is -0.393 e. The number of alkyl halides is 22. The number of carbonyl (C=O) groups excluding carboxylic acids is 1. The second-order valence-corrected chi connectivity index (χ2v) is 6.86. The highest BCUT2D eigenvalue weighted by molar-refractivity contribution is 5.81. The molecule has 0 aromatic rings. The lowest BCUT2D eigenvalue weighted by atomic mass is 9.86. The summed E-state index contributed by atoms with van der Waals surface area (Å²) in [5.41, 5.74) is 0. The molecule has 0 aromatic carbocycles. The van der Waals surface area contributed by atoms with Crippen molar-refractivity contribution in [3.63, 3.8) is 0 Å². The normalized spacial score (nSPS) is 17.5. The van der Waals surface area contributed by atoms with Crippen LogP contribution in [0.5, 0.6) is 0 Å². The Kier molecular flexibility index (Phi) is 8.52. The molecule has 232 valence electrons. The van der Waals surface area contributed by atoms with E-state index in [9.17, 15) is 101 Å². The number of carbonyl (C=O) groups is 1. The first-order valence-corrected chi connectivity index (χ1v) is 8.19. The largest absolute Gasteiger partial charge is 0.468 e. The van der Waals surface area contributed by atoms with E-state index >= 15 is 0 Å². The molecular formula is C14H4F22O3. The van der Waals surface area contributed by atoms with E-state index in [2.05, 4.69) is 11.3 Å². The Bertz CT molecular complexity index is 944. The molecule has 3 nitrogen and oxygen atoms in total. The van der Waals surface area contributed by atoms with E-state index < -0.39 is 77.6 Å². The molecule has 0 aromatic heterocycles.